The molecule has 2 atom stereocenters. The smallest absolute Gasteiger partial charge is 0.346 e. The van der Waals surface area contributed by atoms with Gasteiger partial charge in [-0.05, 0) is 41.8 Å². The number of ether oxygens (including phenoxy) is 1. The fraction of sp³-hybridized carbons (Fsp3) is 0.296. The summed E-state index contributed by atoms with van der Waals surface area (Å²) in [5.74, 6) is -0.412. The summed E-state index contributed by atoms with van der Waals surface area (Å²) in [7, 11) is 2.00. The molecule has 3 aromatic rings. The predicted molar refractivity (Wildman–Crippen MR) is 141 cm³/mol. The van der Waals surface area contributed by atoms with Crippen molar-refractivity contribution >= 4 is 45.2 Å². The van der Waals surface area contributed by atoms with Crippen LogP contribution in [0, 0.1) is 5.82 Å². The quantitative estimate of drug-likeness (QED) is 0.433. The van der Waals surface area contributed by atoms with E-state index in [1.807, 2.05) is 19.2 Å². The van der Waals surface area contributed by atoms with Crippen molar-refractivity contribution in [2.45, 2.75) is 25.1 Å². The third kappa shape index (κ3) is 4.13. The Bertz CT molecular complexity index is 1390. The van der Waals surface area contributed by atoms with Gasteiger partial charge in [-0.25, -0.2) is 9.18 Å². The van der Waals surface area contributed by atoms with Crippen molar-refractivity contribution in [3.8, 4) is 5.75 Å². The maximum atomic E-state index is 14.5. The Morgan fingerprint density at radius 2 is 2.17 bits per heavy atom. The normalized spacial score (nSPS) is 21.0. The van der Waals surface area contributed by atoms with Gasteiger partial charge in [0.2, 0.25) is 0 Å². The molecule has 2 N–H and O–H groups in total. The van der Waals surface area contributed by atoms with Crippen molar-refractivity contribution in [2.24, 2.45) is 0 Å². The van der Waals surface area contributed by atoms with Crippen LogP contribution in [-0.4, -0.2) is 48.8 Å². The minimum absolute atomic E-state index is 0.105. The third-order valence-corrected chi connectivity index (χ3v) is 8.52. The highest BCUT2D eigenvalue weighted by atomic mass is 35.5. The number of hydrogen-bond donors (Lipinski definition) is 2. The van der Waals surface area contributed by atoms with E-state index in [-0.39, 0.29) is 18.1 Å². The Kier molecular flexibility index (Phi) is 5.90. The molecule has 186 valence electrons. The standard InChI is InChI=1S/C27H25ClFN3O3S/c1-31-21-13-24(27(33)34)36-26(21)30-25(31)14-32-9-7-15(8-10-32)17-3-2-4-22-19(17)12-23(35-22)18-6-5-16(28)11-20(18)29/h2-7,11,13,23,25,30H,8-10,12,14H2,1H3,(H,33,34). The van der Waals surface area contributed by atoms with E-state index < -0.39 is 5.97 Å². The summed E-state index contributed by atoms with van der Waals surface area (Å²) in [6.45, 7) is 2.58. The van der Waals surface area contributed by atoms with Gasteiger partial charge in [0.15, 0.2) is 0 Å². The second-order valence-electron chi connectivity index (χ2n) is 9.40. The van der Waals surface area contributed by atoms with Crippen LogP contribution in [0.15, 0.2) is 48.5 Å². The molecular weight excluding hydrogens is 501 g/mol. The summed E-state index contributed by atoms with van der Waals surface area (Å²) in [5.41, 5.74) is 5.09. The number of nitrogens with zero attached hydrogens (tertiary/aromatic N) is 2. The molecule has 0 fully saturated rings. The van der Waals surface area contributed by atoms with E-state index >= 15 is 0 Å². The number of likely N-dealkylation sites (N-methyl/N-ethyl adjacent to an activating group) is 1. The third-order valence-electron chi connectivity index (χ3n) is 7.24. The zero-order chi connectivity index (χ0) is 25.0. The van der Waals surface area contributed by atoms with Crippen LogP contribution in [0.3, 0.4) is 0 Å². The molecule has 0 saturated heterocycles. The van der Waals surface area contributed by atoms with Crippen LogP contribution in [0.5, 0.6) is 5.75 Å². The van der Waals surface area contributed by atoms with E-state index in [4.69, 9.17) is 16.3 Å². The number of carboxylic acid groups (broad SMARTS) is 1. The van der Waals surface area contributed by atoms with Gasteiger partial charge < -0.3 is 20.1 Å². The van der Waals surface area contributed by atoms with E-state index in [0.29, 0.717) is 21.9 Å². The lowest BCUT2D eigenvalue weighted by Gasteiger charge is -2.32. The number of benzene rings is 2. The lowest BCUT2D eigenvalue weighted by Crippen LogP contribution is -2.44. The van der Waals surface area contributed by atoms with Crippen LogP contribution in [-0.2, 0) is 6.42 Å². The van der Waals surface area contributed by atoms with Gasteiger partial charge >= 0.3 is 5.97 Å². The first-order valence-electron chi connectivity index (χ1n) is 11.9. The second-order valence-corrected chi connectivity index (χ2v) is 10.9. The molecule has 6 rings (SSSR count). The van der Waals surface area contributed by atoms with Crippen molar-refractivity contribution < 1.29 is 19.0 Å². The molecular formula is C27H25ClFN3O3S. The number of hydrogen-bond acceptors (Lipinski definition) is 6. The Balaban J connectivity index is 1.13. The van der Waals surface area contributed by atoms with Crippen LogP contribution >= 0.6 is 22.9 Å². The summed E-state index contributed by atoms with van der Waals surface area (Å²) >= 11 is 7.21. The SMILES string of the molecule is CN1c2cc(C(=O)O)sc2NC1CN1CC=C(c2cccc3c2CC(c2ccc(Cl)cc2F)O3)CC1. The molecule has 3 aliphatic heterocycles. The largest absolute Gasteiger partial charge is 0.485 e. The molecule has 6 nitrogen and oxygen atoms in total. The highest BCUT2D eigenvalue weighted by Gasteiger charge is 2.32. The zero-order valence-corrected chi connectivity index (χ0v) is 21.2. The number of aromatic carboxylic acids is 1. The molecule has 36 heavy (non-hydrogen) atoms. The molecule has 0 bridgehead atoms. The highest BCUT2D eigenvalue weighted by molar-refractivity contribution is 7.18. The van der Waals surface area contributed by atoms with Crippen molar-refractivity contribution in [1.29, 1.82) is 0 Å². The first-order valence-corrected chi connectivity index (χ1v) is 13.1. The summed E-state index contributed by atoms with van der Waals surface area (Å²) in [6, 6.07) is 12.6. The maximum Gasteiger partial charge on any atom is 0.346 e. The fourth-order valence-electron chi connectivity index (χ4n) is 5.31. The molecule has 2 unspecified atom stereocenters. The Morgan fingerprint density at radius 1 is 1.31 bits per heavy atom. The molecule has 1 aromatic heterocycles. The van der Waals surface area contributed by atoms with Crippen LogP contribution in [0.25, 0.3) is 5.57 Å². The lowest BCUT2D eigenvalue weighted by atomic mass is 9.92. The number of carbonyl (C=O) groups is 1. The first kappa shape index (κ1) is 23.3. The first-order chi connectivity index (χ1) is 17.4. The number of rotatable bonds is 5. The van der Waals surface area contributed by atoms with Crippen LogP contribution in [0.2, 0.25) is 5.02 Å². The molecule has 3 aliphatic rings. The molecule has 0 amide bonds. The van der Waals surface area contributed by atoms with Gasteiger partial charge in [-0.1, -0.05) is 35.9 Å². The molecule has 4 heterocycles. The Hall–Kier alpha value is -3.07. The maximum absolute atomic E-state index is 14.5. The van der Waals surface area contributed by atoms with E-state index in [0.717, 1.165) is 48.1 Å². The van der Waals surface area contributed by atoms with E-state index in [9.17, 15) is 14.3 Å². The second kappa shape index (κ2) is 9.10. The Labute approximate surface area is 217 Å². The summed E-state index contributed by atoms with van der Waals surface area (Å²) in [4.78, 5) is 16.1. The summed E-state index contributed by atoms with van der Waals surface area (Å²) in [5, 5.41) is 14.0. The highest BCUT2D eigenvalue weighted by Crippen LogP contribution is 2.43. The van der Waals surface area contributed by atoms with Gasteiger partial charge in [0.25, 0.3) is 0 Å². The van der Waals surface area contributed by atoms with Gasteiger partial charge in [-0.15, -0.1) is 11.3 Å². The van der Waals surface area contributed by atoms with E-state index in [2.05, 4.69) is 27.3 Å². The number of anilines is 2. The van der Waals surface area contributed by atoms with Gasteiger partial charge in [0.05, 0.1) is 5.69 Å². The van der Waals surface area contributed by atoms with Crippen molar-refractivity contribution in [3.63, 3.8) is 0 Å². The Morgan fingerprint density at radius 3 is 2.89 bits per heavy atom. The van der Waals surface area contributed by atoms with Gasteiger partial charge in [-0.3, -0.25) is 4.90 Å². The number of thiophene rings is 1. The molecule has 0 spiro atoms. The van der Waals surface area contributed by atoms with Crippen molar-refractivity contribution in [2.75, 3.05) is 36.9 Å². The van der Waals surface area contributed by atoms with Crippen LogP contribution < -0.4 is 15.0 Å². The summed E-state index contributed by atoms with van der Waals surface area (Å²) in [6.07, 6.45) is 3.57. The van der Waals surface area contributed by atoms with Gasteiger partial charge in [0, 0.05) is 49.3 Å². The molecule has 0 aliphatic carbocycles. The topological polar surface area (TPSA) is 65.0 Å². The zero-order valence-electron chi connectivity index (χ0n) is 19.6. The van der Waals surface area contributed by atoms with Crippen LogP contribution in [0.1, 0.15) is 38.9 Å². The number of fused-ring (bicyclic) bond motifs is 2. The lowest BCUT2D eigenvalue weighted by molar-refractivity contribution is 0.0702. The molecule has 2 aromatic carbocycles. The van der Waals surface area contributed by atoms with Gasteiger partial charge in [0.1, 0.15) is 33.7 Å². The average Bonchev–Trinajstić information content (AvgIpc) is 3.54. The van der Waals surface area contributed by atoms with E-state index in [1.54, 1.807) is 18.2 Å². The molecule has 0 saturated carbocycles. The van der Waals surface area contributed by atoms with Gasteiger partial charge in [-0.2, -0.15) is 0 Å². The minimum Gasteiger partial charge on any atom is -0.485 e. The van der Waals surface area contributed by atoms with Crippen LogP contribution in [0.4, 0.5) is 15.1 Å². The predicted octanol–water partition coefficient (Wildman–Crippen LogP) is 5.89. The summed E-state index contributed by atoms with van der Waals surface area (Å²) < 4.78 is 20.7. The molecule has 0 radical (unpaired) electrons. The van der Waals surface area contributed by atoms with Crippen molar-refractivity contribution in [3.05, 3.63) is 80.9 Å². The number of halogens is 2. The number of nitrogens with one attached hydrogen (secondary N) is 1. The van der Waals surface area contributed by atoms with E-state index in [1.165, 1.54) is 28.5 Å². The number of carboxylic acids is 1. The van der Waals surface area contributed by atoms with Crippen molar-refractivity contribution in [1.82, 2.24) is 4.90 Å². The molecule has 9 heteroatoms. The monoisotopic (exact) mass is 525 g/mol. The fourth-order valence-corrected chi connectivity index (χ4v) is 6.45. The average molecular weight is 526 g/mol. The minimum atomic E-state index is -0.891.